The van der Waals surface area contributed by atoms with E-state index in [1.807, 2.05) is 0 Å². The summed E-state index contributed by atoms with van der Waals surface area (Å²) in [5.74, 6) is -0.985. The Balaban J connectivity index is 1.87. The van der Waals surface area contributed by atoms with Crippen molar-refractivity contribution in [2.75, 3.05) is 33.7 Å². The minimum atomic E-state index is -3.53. The Bertz CT molecular complexity index is 740. The molecule has 0 aromatic carbocycles. The van der Waals surface area contributed by atoms with Crippen molar-refractivity contribution in [1.82, 2.24) is 18.5 Å². The summed E-state index contributed by atoms with van der Waals surface area (Å²) in [7, 11) is -0.532. The average molecular weight is 356 g/mol. The number of halogens is 1. The Morgan fingerprint density at radius 1 is 1.29 bits per heavy atom. The molecule has 3 aliphatic rings. The molecule has 3 saturated heterocycles. The molecule has 0 radical (unpaired) electrons. The summed E-state index contributed by atoms with van der Waals surface area (Å²) >= 11 is 0. The van der Waals surface area contributed by atoms with E-state index in [4.69, 9.17) is 0 Å². The molecule has 1 aromatic rings. The van der Waals surface area contributed by atoms with Crippen LogP contribution in [0, 0.1) is 11.7 Å². The van der Waals surface area contributed by atoms with Gasteiger partial charge in [-0.3, -0.25) is 9.78 Å². The van der Waals surface area contributed by atoms with Crippen LogP contribution in [0.15, 0.2) is 18.5 Å². The fourth-order valence-corrected chi connectivity index (χ4v) is 4.63. The fourth-order valence-electron chi connectivity index (χ4n) is 3.41. The van der Waals surface area contributed by atoms with Gasteiger partial charge in [0.05, 0.1) is 11.8 Å². The third-order valence-corrected chi connectivity index (χ3v) is 6.61. The summed E-state index contributed by atoms with van der Waals surface area (Å²) in [4.78, 5) is 18.0. The highest BCUT2D eigenvalue weighted by Gasteiger charge is 2.41. The number of aromatic nitrogens is 1. The van der Waals surface area contributed by atoms with E-state index >= 15 is 0 Å². The second-order valence-corrected chi connectivity index (χ2v) is 8.66. The maximum Gasteiger partial charge on any atom is 0.281 e. The van der Waals surface area contributed by atoms with Crippen LogP contribution in [0.2, 0.25) is 0 Å². The van der Waals surface area contributed by atoms with Crippen molar-refractivity contribution in [2.24, 2.45) is 5.92 Å². The molecule has 9 heteroatoms. The number of nitrogens with zero attached hydrogens (tertiary/aromatic N) is 4. The van der Waals surface area contributed by atoms with Gasteiger partial charge in [0, 0.05) is 46.0 Å². The van der Waals surface area contributed by atoms with E-state index in [-0.39, 0.29) is 24.1 Å². The van der Waals surface area contributed by atoms with E-state index in [1.54, 1.807) is 4.90 Å². The molecule has 24 heavy (non-hydrogen) atoms. The smallest absolute Gasteiger partial charge is 0.281 e. The summed E-state index contributed by atoms with van der Waals surface area (Å²) in [6.45, 7) is 1.08. The average Bonchev–Trinajstić information content (AvgIpc) is 2.87. The molecule has 3 fully saturated rings. The Morgan fingerprint density at radius 2 is 2.04 bits per heavy atom. The number of carbonyl (C=O) groups is 1. The zero-order valence-corrected chi connectivity index (χ0v) is 14.5. The van der Waals surface area contributed by atoms with Gasteiger partial charge in [0.25, 0.3) is 16.1 Å². The maximum absolute atomic E-state index is 13.9. The molecule has 4 rings (SSSR count). The van der Waals surface area contributed by atoms with Crippen molar-refractivity contribution >= 4 is 16.1 Å². The Labute approximate surface area is 141 Å². The number of carbonyl (C=O) groups excluding carboxylic acids is 1. The van der Waals surface area contributed by atoms with Crippen LogP contribution in [0.25, 0.3) is 0 Å². The number of rotatable bonds is 3. The highest BCUT2D eigenvalue weighted by molar-refractivity contribution is 7.86. The van der Waals surface area contributed by atoms with Crippen molar-refractivity contribution in [2.45, 2.75) is 18.9 Å². The quantitative estimate of drug-likeness (QED) is 0.793. The molecule has 0 aliphatic carbocycles. The Kier molecular flexibility index (Phi) is 4.58. The van der Waals surface area contributed by atoms with E-state index < -0.39 is 21.9 Å². The van der Waals surface area contributed by atoms with Crippen molar-refractivity contribution in [1.29, 1.82) is 0 Å². The molecule has 4 heterocycles. The summed E-state index contributed by atoms with van der Waals surface area (Å²) in [5.41, 5.74) is -0.0143. The molecular weight excluding hydrogens is 335 g/mol. The van der Waals surface area contributed by atoms with Crippen LogP contribution in [-0.2, 0) is 10.2 Å². The standard InChI is InChI=1S/C15H21FN4O3S/c1-18(2)24(22,23)19-8-11-3-4-12(10-19)20(9-11)15(21)13-5-6-17-7-14(13)16/h5-7,11-12H,3-4,8-10H2,1-2H3/t11-,12+/m1/s1. The number of amides is 1. The van der Waals surface area contributed by atoms with Gasteiger partial charge < -0.3 is 4.90 Å². The summed E-state index contributed by atoms with van der Waals surface area (Å²) < 4.78 is 41.4. The maximum atomic E-state index is 13.9. The SMILES string of the molecule is CN(C)S(=O)(=O)N1C[C@H]2CC[C@@H](C1)N(C(=O)c1ccncc1F)C2. The number of hydrogen-bond acceptors (Lipinski definition) is 4. The number of pyridine rings is 1. The molecule has 0 spiro atoms. The van der Waals surface area contributed by atoms with Crippen molar-refractivity contribution in [3.05, 3.63) is 29.8 Å². The zero-order chi connectivity index (χ0) is 17.5. The van der Waals surface area contributed by atoms with E-state index in [1.165, 1.54) is 35.0 Å². The lowest BCUT2D eigenvalue weighted by molar-refractivity contribution is 0.0583. The predicted molar refractivity (Wildman–Crippen MR) is 85.9 cm³/mol. The van der Waals surface area contributed by atoms with Crippen LogP contribution in [0.1, 0.15) is 23.2 Å². The predicted octanol–water partition coefficient (Wildman–Crippen LogP) is 0.564. The van der Waals surface area contributed by atoms with Crippen LogP contribution in [0.4, 0.5) is 4.39 Å². The number of fused-ring (bicyclic) bond motifs is 4. The lowest BCUT2D eigenvalue weighted by Crippen LogP contribution is -2.48. The zero-order valence-electron chi connectivity index (χ0n) is 13.7. The highest BCUT2D eigenvalue weighted by atomic mass is 32.2. The van der Waals surface area contributed by atoms with Crippen LogP contribution < -0.4 is 0 Å². The molecule has 3 aliphatic heterocycles. The van der Waals surface area contributed by atoms with Crippen LogP contribution >= 0.6 is 0 Å². The van der Waals surface area contributed by atoms with Gasteiger partial charge >= 0.3 is 0 Å². The van der Waals surface area contributed by atoms with Gasteiger partial charge in [-0.25, -0.2) is 4.39 Å². The second-order valence-electron chi connectivity index (χ2n) is 6.52. The minimum Gasteiger partial charge on any atom is -0.334 e. The molecular formula is C15H21FN4O3S. The second kappa shape index (κ2) is 6.38. The molecule has 0 unspecified atom stereocenters. The lowest BCUT2D eigenvalue weighted by Gasteiger charge is -2.36. The highest BCUT2D eigenvalue weighted by Crippen LogP contribution is 2.31. The minimum absolute atomic E-state index is 0.0143. The van der Waals surface area contributed by atoms with Gasteiger partial charge in [-0.15, -0.1) is 0 Å². The topological polar surface area (TPSA) is 73.8 Å². The largest absolute Gasteiger partial charge is 0.334 e. The van der Waals surface area contributed by atoms with Gasteiger partial charge in [0.2, 0.25) is 0 Å². The molecule has 1 aromatic heterocycles. The third kappa shape index (κ3) is 3.03. The van der Waals surface area contributed by atoms with Gasteiger partial charge in [-0.1, -0.05) is 0 Å². The molecule has 2 bridgehead atoms. The van der Waals surface area contributed by atoms with E-state index in [9.17, 15) is 17.6 Å². The molecule has 2 atom stereocenters. The summed E-state index contributed by atoms with van der Waals surface area (Å²) in [5, 5.41) is 0. The van der Waals surface area contributed by atoms with Crippen LogP contribution in [0.5, 0.6) is 0 Å². The summed E-state index contributed by atoms with van der Waals surface area (Å²) in [6.07, 6.45) is 4.00. The Morgan fingerprint density at radius 3 is 2.71 bits per heavy atom. The molecule has 0 N–H and O–H groups in total. The van der Waals surface area contributed by atoms with Gasteiger partial charge in [-0.05, 0) is 24.8 Å². The van der Waals surface area contributed by atoms with Crippen molar-refractivity contribution in [3.63, 3.8) is 0 Å². The lowest BCUT2D eigenvalue weighted by atomic mass is 9.94. The molecule has 0 saturated carbocycles. The first-order chi connectivity index (χ1) is 11.3. The molecule has 7 nitrogen and oxygen atoms in total. The normalized spacial score (nSPS) is 25.1. The molecule has 132 valence electrons. The van der Waals surface area contributed by atoms with Gasteiger partial charge in [-0.2, -0.15) is 17.0 Å². The van der Waals surface area contributed by atoms with Crippen molar-refractivity contribution in [3.8, 4) is 0 Å². The van der Waals surface area contributed by atoms with Crippen molar-refractivity contribution < 1.29 is 17.6 Å². The third-order valence-electron chi connectivity index (χ3n) is 4.73. The first-order valence-corrected chi connectivity index (χ1v) is 9.28. The monoisotopic (exact) mass is 356 g/mol. The number of hydrogen-bond donors (Lipinski definition) is 0. The van der Waals surface area contributed by atoms with Gasteiger partial charge in [0.15, 0.2) is 5.82 Å². The van der Waals surface area contributed by atoms with Gasteiger partial charge in [0.1, 0.15) is 0 Å². The fraction of sp³-hybridized carbons (Fsp3) is 0.600. The number of piperidine rings is 1. The summed E-state index contributed by atoms with van der Waals surface area (Å²) in [6, 6.07) is 1.13. The Hall–Kier alpha value is -1.58. The van der Waals surface area contributed by atoms with E-state index in [2.05, 4.69) is 4.98 Å². The first-order valence-electron chi connectivity index (χ1n) is 7.88. The molecule has 1 amide bonds. The van der Waals surface area contributed by atoms with E-state index in [0.717, 1.165) is 19.0 Å². The van der Waals surface area contributed by atoms with Crippen LogP contribution in [0.3, 0.4) is 0 Å². The first kappa shape index (κ1) is 17.2. The van der Waals surface area contributed by atoms with Crippen LogP contribution in [-0.4, -0.2) is 72.6 Å². The van der Waals surface area contributed by atoms with E-state index in [0.29, 0.717) is 13.1 Å².